The van der Waals surface area contributed by atoms with E-state index < -0.39 is 17.8 Å². The summed E-state index contributed by atoms with van der Waals surface area (Å²) in [6.45, 7) is 3.37. The van der Waals surface area contributed by atoms with Crippen LogP contribution in [0.15, 0.2) is 42.5 Å². The highest BCUT2D eigenvalue weighted by Gasteiger charge is 2.38. The van der Waals surface area contributed by atoms with Gasteiger partial charge in [0.05, 0.1) is 22.4 Å². The van der Waals surface area contributed by atoms with Gasteiger partial charge in [-0.25, -0.2) is 9.69 Å². The Morgan fingerprint density at radius 3 is 2.07 bits per heavy atom. The van der Waals surface area contributed by atoms with Crippen LogP contribution in [0.25, 0.3) is 0 Å². The number of aromatic carboxylic acids is 1. The van der Waals surface area contributed by atoms with E-state index in [1.807, 2.05) is 7.05 Å². The van der Waals surface area contributed by atoms with Gasteiger partial charge in [-0.15, -0.1) is 0 Å². The number of hydrogen-bond acceptors (Lipinski definition) is 5. The van der Waals surface area contributed by atoms with Crippen molar-refractivity contribution in [3.63, 3.8) is 0 Å². The standard InChI is InChI=1S/C20H19N3O4/c1-21-8-10-22(11-9-21)13-6-7-17(16(12-13)20(26)27)23-18(24)14-4-2-3-5-15(14)19(23)25/h2-7,12H,8-11H2,1H3,(H,26,27). The number of imide groups is 1. The van der Waals surface area contributed by atoms with Crippen molar-refractivity contribution in [3.05, 3.63) is 59.2 Å². The molecule has 2 heterocycles. The van der Waals surface area contributed by atoms with E-state index in [4.69, 9.17) is 0 Å². The highest BCUT2D eigenvalue weighted by Crippen LogP contribution is 2.33. The van der Waals surface area contributed by atoms with Crippen LogP contribution in [0.3, 0.4) is 0 Å². The van der Waals surface area contributed by atoms with E-state index in [1.54, 1.807) is 42.5 Å². The molecule has 1 N–H and O–H groups in total. The number of anilines is 2. The molecule has 2 aromatic carbocycles. The first-order valence-corrected chi connectivity index (χ1v) is 8.76. The highest BCUT2D eigenvalue weighted by molar-refractivity contribution is 6.35. The topological polar surface area (TPSA) is 81.2 Å². The molecule has 7 nitrogen and oxygen atoms in total. The highest BCUT2D eigenvalue weighted by atomic mass is 16.4. The number of hydrogen-bond donors (Lipinski definition) is 1. The first-order valence-electron chi connectivity index (χ1n) is 8.76. The van der Waals surface area contributed by atoms with Crippen LogP contribution >= 0.6 is 0 Å². The summed E-state index contributed by atoms with van der Waals surface area (Å²) < 4.78 is 0. The summed E-state index contributed by atoms with van der Waals surface area (Å²) in [5.74, 6) is -2.16. The van der Waals surface area contributed by atoms with Gasteiger partial charge in [-0.3, -0.25) is 9.59 Å². The van der Waals surface area contributed by atoms with Crippen LogP contribution < -0.4 is 9.80 Å². The molecule has 0 saturated carbocycles. The summed E-state index contributed by atoms with van der Waals surface area (Å²) in [4.78, 5) is 42.6. The molecule has 0 aromatic heterocycles. The Labute approximate surface area is 156 Å². The second kappa shape index (κ2) is 6.51. The van der Waals surface area contributed by atoms with Gasteiger partial charge in [0.25, 0.3) is 11.8 Å². The first kappa shape index (κ1) is 17.2. The van der Waals surface area contributed by atoms with Crippen LogP contribution in [0, 0.1) is 0 Å². The van der Waals surface area contributed by atoms with Crippen LogP contribution in [0.1, 0.15) is 31.1 Å². The predicted octanol–water partition coefficient (Wildman–Crippen LogP) is 1.94. The number of nitrogens with zero attached hydrogens (tertiary/aromatic N) is 3. The maximum atomic E-state index is 12.7. The second-order valence-electron chi connectivity index (χ2n) is 6.79. The monoisotopic (exact) mass is 365 g/mol. The fraction of sp³-hybridized carbons (Fsp3) is 0.250. The van der Waals surface area contributed by atoms with Gasteiger partial charge in [-0.2, -0.15) is 0 Å². The first-order chi connectivity index (χ1) is 13.0. The molecule has 0 atom stereocenters. The fourth-order valence-corrected chi connectivity index (χ4v) is 3.56. The van der Waals surface area contributed by atoms with Gasteiger partial charge in [0.2, 0.25) is 0 Å². The zero-order valence-electron chi connectivity index (χ0n) is 14.9. The lowest BCUT2D eigenvalue weighted by Gasteiger charge is -2.34. The van der Waals surface area contributed by atoms with E-state index in [1.165, 1.54) is 0 Å². The maximum absolute atomic E-state index is 12.7. The Bertz CT molecular complexity index is 913. The Balaban J connectivity index is 1.73. The molecule has 4 rings (SSSR count). The normalized spacial score (nSPS) is 17.4. The van der Waals surface area contributed by atoms with Crippen LogP contribution in [0.4, 0.5) is 11.4 Å². The summed E-state index contributed by atoms with van der Waals surface area (Å²) in [5.41, 5.74) is 1.41. The van der Waals surface area contributed by atoms with Crippen molar-refractivity contribution in [2.24, 2.45) is 0 Å². The lowest BCUT2D eigenvalue weighted by Crippen LogP contribution is -2.44. The number of rotatable bonds is 3. The quantitative estimate of drug-likeness (QED) is 0.838. The number of carboxylic acid groups (broad SMARTS) is 1. The Morgan fingerprint density at radius 2 is 1.52 bits per heavy atom. The molecule has 2 amide bonds. The zero-order chi connectivity index (χ0) is 19.1. The minimum absolute atomic E-state index is 0.0547. The smallest absolute Gasteiger partial charge is 0.337 e. The summed E-state index contributed by atoms with van der Waals surface area (Å²) in [7, 11) is 2.05. The van der Waals surface area contributed by atoms with Gasteiger partial charge in [0, 0.05) is 31.9 Å². The molecule has 138 valence electrons. The molecule has 1 fully saturated rings. The molecule has 27 heavy (non-hydrogen) atoms. The number of benzene rings is 2. The van der Waals surface area contributed by atoms with Crippen molar-refractivity contribution in [3.8, 4) is 0 Å². The average Bonchev–Trinajstić information content (AvgIpc) is 2.93. The lowest BCUT2D eigenvalue weighted by atomic mass is 10.1. The van der Waals surface area contributed by atoms with Crippen molar-refractivity contribution in [2.45, 2.75) is 0 Å². The number of carboxylic acids is 1. The number of likely N-dealkylation sites (N-methyl/N-ethyl adjacent to an activating group) is 1. The third kappa shape index (κ3) is 2.86. The molecule has 0 spiro atoms. The molecule has 1 saturated heterocycles. The van der Waals surface area contributed by atoms with E-state index in [0.29, 0.717) is 11.1 Å². The number of carbonyl (C=O) groups is 3. The Hall–Kier alpha value is -3.19. The number of piperazine rings is 1. The van der Waals surface area contributed by atoms with Crippen molar-refractivity contribution in [1.82, 2.24) is 4.90 Å². The van der Waals surface area contributed by atoms with Crippen molar-refractivity contribution in [1.29, 1.82) is 0 Å². The molecular weight excluding hydrogens is 346 g/mol. The minimum atomic E-state index is -1.17. The maximum Gasteiger partial charge on any atom is 0.337 e. The predicted molar refractivity (Wildman–Crippen MR) is 101 cm³/mol. The lowest BCUT2D eigenvalue weighted by molar-refractivity contribution is 0.0698. The van der Waals surface area contributed by atoms with Crippen molar-refractivity contribution >= 4 is 29.2 Å². The third-order valence-electron chi connectivity index (χ3n) is 5.11. The second-order valence-corrected chi connectivity index (χ2v) is 6.79. The molecule has 2 aliphatic heterocycles. The van der Waals surface area contributed by atoms with E-state index in [0.717, 1.165) is 36.8 Å². The van der Waals surface area contributed by atoms with Gasteiger partial charge in [-0.1, -0.05) is 12.1 Å². The van der Waals surface area contributed by atoms with Crippen LogP contribution in [0.5, 0.6) is 0 Å². The fourth-order valence-electron chi connectivity index (χ4n) is 3.56. The molecule has 0 unspecified atom stereocenters. The molecular formula is C20H19N3O4. The average molecular weight is 365 g/mol. The molecule has 0 radical (unpaired) electrons. The third-order valence-corrected chi connectivity index (χ3v) is 5.11. The molecule has 2 aromatic rings. The van der Waals surface area contributed by atoms with E-state index in [2.05, 4.69) is 9.80 Å². The number of fused-ring (bicyclic) bond motifs is 1. The Morgan fingerprint density at radius 1 is 0.926 bits per heavy atom. The largest absolute Gasteiger partial charge is 0.478 e. The summed E-state index contributed by atoms with van der Waals surface area (Å²) in [6.07, 6.45) is 0. The minimum Gasteiger partial charge on any atom is -0.478 e. The van der Waals surface area contributed by atoms with Gasteiger partial charge in [0.15, 0.2) is 0 Å². The van der Waals surface area contributed by atoms with E-state index >= 15 is 0 Å². The SMILES string of the molecule is CN1CCN(c2ccc(N3C(=O)c4ccccc4C3=O)c(C(=O)O)c2)CC1. The summed E-state index contributed by atoms with van der Waals surface area (Å²) >= 11 is 0. The van der Waals surface area contributed by atoms with Crippen LogP contribution in [0.2, 0.25) is 0 Å². The van der Waals surface area contributed by atoms with Gasteiger partial charge in [-0.05, 0) is 37.4 Å². The molecule has 0 bridgehead atoms. The molecule has 7 heteroatoms. The molecule has 2 aliphatic rings. The van der Waals surface area contributed by atoms with E-state index in [-0.39, 0.29) is 11.3 Å². The van der Waals surface area contributed by atoms with Crippen molar-refractivity contribution < 1.29 is 19.5 Å². The van der Waals surface area contributed by atoms with Crippen LogP contribution in [-0.2, 0) is 0 Å². The van der Waals surface area contributed by atoms with Gasteiger partial charge >= 0.3 is 5.97 Å². The van der Waals surface area contributed by atoms with Gasteiger partial charge in [0.1, 0.15) is 0 Å². The summed E-state index contributed by atoms with van der Waals surface area (Å²) in [6, 6.07) is 11.4. The number of carbonyl (C=O) groups excluding carboxylic acids is 2. The number of amides is 2. The Kier molecular flexibility index (Phi) is 4.16. The van der Waals surface area contributed by atoms with E-state index in [9.17, 15) is 19.5 Å². The van der Waals surface area contributed by atoms with Crippen molar-refractivity contribution in [2.75, 3.05) is 43.0 Å². The van der Waals surface area contributed by atoms with Gasteiger partial charge < -0.3 is 14.9 Å². The summed E-state index contributed by atoms with van der Waals surface area (Å²) in [5, 5.41) is 9.70. The zero-order valence-corrected chi connectivity index (χ0v) is 14.9. The molecule has 0 aliphatic carbocycles. The van der Waals surface area contributed by atoms with Crippen LogP contribution in [-0.4, -0.2) is 61.0 Å².